The molecule has 1 saturated heterocycles. The SMILES string of the molecule is CNC(=O)[C@@H](NC(=O)[C@@H](NC(=O)[C@@H]1CC(=O)CN1C(=O)[C@@H](NC(=O)[C@H](CC/C=C/C(=O)OC)NC(=O)c1ccncc1C(=O)O)C(C)(C)C)C1CCCCC1)C1CCCCC1. The molecule has 1 aromatic heterocycles. The van der Waals surface area contributed by atoms with Crippen molar-refractivity contribution in [2.75, 3.05) is 20.7 Å². The summed E-state index contributed by atoms with van der Waals surface area (Å²) in [5.74, 6) is -6.80. The van der Waals surface area contributed by atoms with Crippen molar-refractivity contribution in [3.8, 4) is 0 Å². The molecular formula is C43H61N7O11. The first-order valence-electron chi connectivity index (χ1n) is 21.1. The number of likely N-dealkylation sites (N-methyl/N-ethyl adjacent to an activating group) is 1. The third-order valence-corrected chi connectivity index (χ3v) is 11.8. The standard InChI is InChI=1S/C43H61N7O11/c1-43(2,3)35(49-37(54)30(18-12-13-19-32(52)61-5)46-36(53)28-20-21-45-23-29(28)42(59)60)41(58)50-24-27(51)22-31(50)38(55)47-34(26-16-10-7-11-17-26)40(57)48-33(39(56)44-4)25-14-8-6-9-15-25/h13,19-21,23,25-26,30-31,33-35H,6-12,14-18,22,24H2,1-5H3,(H,44,56)(H,46,53)(H,47,55)(H,48,57)(H,49,54)(H,59,60)/b19-13+/t30-,31-,33-,34-,35+/m0/s1. The molecule has 1 aromatic rings. The Hall–Kier alpha value is -5.68. The van der Waals surface area contributed by atoms with E-state index in [2.05, 4.69) is 36.3 Å². The molecule has 4 rings (SSSR count). The minimum absolute atomic E-state index is 0.0624. The monoisotopic (exact) mass is 851 g/mol. The smallest absolute Gasteiger partial charge is 0.338 e. The Kier molecular flexibility index (Phi) is 17.5. The second-order valence-corrected chi connectivity index (χ2v) is 17.2. The van der Waals surface area contributed by atoms with E-state index in [1.807, 2.05) is 0 Å². The van der Waals surface area contributed by atoms with E-state index in [0.717, 1.165) is 68.5 Å². The van der Waals surface area contributed by atoms with Crippen LogP contribution in [0.4, 0.5) is 0 Å². The van der Waals surface area contributed by atoms with E-state index < -0.39 is 95.0 Å². The van der Waals surface area contributed by atoms with Crippen molar-refractivity contribution in [2.24, 2.45) is 17.3 Å². The number of carboxylic acids is 1. The van der Waals surface area contributed by atoms with Crippen LogP contribution in [-0.2, 0) is 38.3 Å². The van der Waals surface area contributed by atoms with Gasteiger partial charge < -0.3 is 41.3 Å². The summed E-state index contributed by atoms with van der Waals surface area (Å²) in [6.45, 7) is 4.58. The first kappa shape index (κ1) is 48.0. The molecule has 0 bridgehead atoms. The van der Waals surface area contributed by atoms with Crippen molar-refractivity contribution in [3.05, 3.63) is 41.7 Å². The number of allylic oxidation sites excluding steroid dienone is 1. The van der Waals surface area contributed by atoms with Crippen molar-refractivity contribution >= 4 is 53.2 Å². The molecule has 6 amide bonds. The molecule has 0 spiro atoms. The molecule has 18 heteroatoms. The molecule has 0 unspecified atom stereocenters. The molecule has 3 fully saturated rings. The van der Waals surface area contributed by atoms with Crippen LogP contribution in [0.25, 0.3) is 0 Å². The zero-order chi connectivity index (χ0) is 44.9. The first-order chi connectivity index (χ1) is 29.0. The molecule has 5 atom stereocenters. The number of carbonyl (C=O) groups excluding carboxylic acids is 8. The summed E-state index contributed by atoms with van der Waals surface area (Å²) < 4.78 is 4.61. The van der Waals surface area contributed by atoms with Gasteiger partial charge in [0.05, 0.1) is 24.8 Å². The number of ether oxygens (including phenoxy) is 1. The molecule has 6 N–H and O–H groups in total. The molecule has 1 aliphatic heterocycles. The second-order valence-electron chi connectivity index (χ2n) is 17.2. The highest BCUT2D eigenvalue weighted by atomic mass is 16.5. The number of hydrogen-bond donors (Lipinski definition) is 6. The number of esters is 1. The van der Waals surface area contributed by atoms with E-state index in [4.69, 9.17) is 0 Å². The van der Waals surface area contributed by atoms with E-state index in [0.29, 0.717) is 12.8 Å². The summed E-state index contributed by atoms with van der Waals surface area (Å²) in [4.78, 5) is 125. The van der Waals surface area contributed by atoms with Gasteiger partial charge >= 0.3 is 11.9 Å². The number of Topliss-reactive ketones (excluding diaryl/α,β-unsaturated/α-hetero) is 1. The maximum absolute atomic E-state index is 14.5. The van der Waals surface area contributed by atoms with E-state index in [9.17, 15) is 48.3 Å². The zero-order valence-corrected chi connectivity index (χ0v) is 35.8. The highest BCUT2D eigenvalue weighted by molar-refractivity contribution is 6.06. The van der Waals surface area contributed by atoms with Gasteiger partial charge in [-0.25, -0.2) is 9.59 Å². The van der Waals surface area contributed by atoms with Crippen LogP contribution in [0.3, 0.4) is 0 Å². The summed E-state index contributed by atoms with van der Waals surface area (Å²) in [7, 11) is 2.71. The van der Waals surface area contributed by atoms with E-state index in [1.165, 1.54) is 32.5 Å². The van der Waals surface area contributed by atoms with Gasteiger partial charge in [-0.2, -0.15) is 0 Å². The fourth-order valence-electron chi connectivity index (χ4n) is 8.37. The maximum atomic E-state index is 14.5. The number of rotatable bonds is 17. The van der Waals surface area contributed by atoms with E-state index in [1.54, 1.807) is 20.8 Å². The fourth-order valence-corrected chi connectivity index (χ4v) is 8.37. The summed E-state index contributed by atoms with van der Waals surface area (Å²) in [5, 5.41) is 23.4. The second kappa shape index (κ2) is 22.2. The molecule has 18 nitrogen and oxygen atoms in total. The largest absolute Gasteiger partial charge is 0.478 e. The number of nitrogens with zero attached hydrogens (tertiary/aromatic N) is 2. The summed E-state index contributed by atoms with van der Waals surface area (Å²) >= 11 is 0. The molecule has 3 aliphatic rings. The lowest BCUT2D eigenvalue weighted by atomic mass is 9.81. The predicted octanol–water partition coefficient (Wildman–Crippen LogP) is 1.96. The van der Waals surface area contributed by atoms with Crippen molar-refractivity contribution in [2.45, 2.75) is 134 Å². The summed E-state index contributed by atoms with van der Waals surface area (Å²) in [6.07, 6.45) is 12.9. The number of aromatic nitrogens is 1. The molecule has 0 aromatic carbocycles. The van der Waals surface area contributed by atoms with Gasteiger partial charge in [-0.15, -0.1) is 0 Å². The molecule has 334 valence electrons. The lowest BCUT2D eigenvalue weighted by molar-refractivity contribution is -0.145. The van der Waals surface area contributed by atoms with Crippen molar-refractivity contribution in [3.63, 3.8) is 0 Å². The number of methoxy groups -OCH3 is 1. The van der Waals surface area contributed by atoms with Gasteiger partial charge in [0.1, 0.15) is 30.2 Å². The minimum Gasteiger partial charge on any atom is -0.478 e. The number of hydrogen-bond acceptors (Lipinski definition) is 11. The number of carbonyl (C=O) groups is 9. The minimum atomic E-state index is -1.42. The van der Waals surface area contributed by atoms with Gasteiger partial charge in [-0.3, -0.25) is 38.5 Å². The Labute approximate surface area is 356 Å². The van der Waals surface area contributed by atoms with Crippen LogP contribution in [0.1, 0.15) is 125 Å². The van der Waals surface area contributed by atoms with E-state index >= 15 is 0 Å². The molecular weight excluding hydrogens is 791 g/mol. The number of aromatic carboxylic acids is 1. The highest BCUT2D eigenvalue weighted by Gasteiger charge is 2.46. The van der Waals surface area contributed by atoms with Crippen LogP contribution in [0, 0.1) is 17.3 Å². The van der Waals surface area contributed by atoms with Gasteiger partial charge in [0.2, 0.25) is 29.5 Å². The average molecular weight is 852 g/mol. The number of ketones is 1. The van der Waals surface area contributed by atoms with Crippen molar-refractivity contribution in [1.29, 1.82) is 0 Å². The quantitative estimate of drug-likeness (QED) is 0.0972. The third kappa shape index (κ3) is 13.2. The fraction of sp³-hybridized carbons (Fsp3) is 0.628. The summed E-state index contributed by atoms with van der Waals surface area (Å²) in [6, 6.07) is -4.65. The highest BCUT2D eigenvalue weighted by Crippen LogP contribution is 2.30. The topological polar surface area (TPSA) is 259 Å². The van der Waals surface area contributed by atoms with Crippen molar-refractivity contribution in [1.82, 2.24) is 36.5 Å². The summed E-state index contributed by atoms with van der Waals surface area (Å²) in [5.41, 5.74) is -1.69. The maximum Gasteiger partial charge on any atom is 0.338 e. The molecule has 2 heterocycles. The van der Waals surface area contributed by atoms with E-state index in [-0.39, 0.29) is 42.6 Å². The van der Waals surface area contributed by atoms with Crippen LogP contribution in [-0.4, -0.2) is 119 Å². The van der Waals surface area contributed by atoms with Crippen LogP contribution in [0.5, 0.6) is 0 Å². The molecule has 0 radical (unpaired) electrons. The first-order valence-corrected chi connectivity index (χ1v) is 21.1. The van der Waals surface area contributed by atoms with Crippen LogP contribution in [0.15, 0.2) is 30.6 Å². The zero-order valence-electron chi connectivity index (χ0n) is 35.8. The Morgan fingerprint density at radius 2 is 1.46 bits per heavy atom. The van der Waals surface area contributed by atoms with Gasteiger partial charge in [0, 0.05) is 31.9 Å². The van der Waals surface area contributed by atoms with Crippen LogP contribution >= 0.6 is 0 Å². The number of amides is 6. The van der Waals surface area contributed by atoms with Crippen LogP contribution < -0.4 is 26.6 Å². The van der Waals surface area contributed by atoms with Gasteiger partial charge in [0.15, 0.2) is 5.78 Å². The normalized spacial score (nSPS) is 19.5. The predicted molar refractivity (Wildman–Crippen MR) is 220 cm³/mol. The molecule has 2 saturated carbocycles. The average Bonchev–Trinajstić information content (AvgIpc) is 3.65. The Bertz CT molecular complexity index is 1830. The lowest BCUT2D eigenvalue weighted by Gasteiger charge is -2.37. The Balaban J connectivity index is 1.58. The van der Waals surface area contributed by atoms with Gasteiger partial charge in [-0.05, 0) is 61.8 Å². The molecule has 2 aliphatic carbocycles. The van der Waals surface area contributed by atoms with Gasteiger partial charge in [0.25, 0.3) is 5.91 Å². The number of likely N-dealkylation sites (tertiary alicyclic amines) is 1. The molecule has 61 heavy (non-hydrogen) atoms. The van der Waals surface area contributed by atoms with Crippen molar-refractivity contribution < 1.29 is 53.0 Å². The Morgan fingerprint density at radius 1 is 0.852 bits per heavy atom. The Morgan fingerprint density at radius 3 is 2.02 bits per heavy atom. The lowest BCUT2D eigenvalue weighted by Crippen LogP contribution is -2.62. The van der Waals surface area contributed by atoms with Crippen LogP contribution in [0.2, 0.25) is 0 Å². The third-order valence-electron chi connectivity index (χ3n) is 11.8. The number of carboxylic acid groups (broad SMARTS) is 1. The number of pyridine rings is 1. The number of nitrogens with one attached hydrogen (secondary N) is 5. The van der Waals surface area contributed by atoms with Gasteiger partial charge in [-0.1, -0.05) is 65.4 Å².